The second-order valence-electron chi connectivity index (χ2n) is 7.99. The molecule has 0 aromatic rings. The predicted octanol–water partition coefficient (Wildman–Crippen LogP) is 1.04. The molecule has 0 aliphatic heterocycles. The summed E-state index contributed by atoms with van der Waals surface area (Å²) < 4.78 is 20.3. The molecule has 0 spiro atoms. The van der Waals surface area contributed by atoms with Crippen LogP contribution in [0.5, 0.6) is 0 Å². The van der Waals surface area contributed by atoms with E-state index >= 15 is 0 Å². The number of carbonyl (C=O) groups is 4. The van der Waals surface area contributed by atoms with E-state index in [-0.39, 0.29) is 19.8 Å². The SMILES string of the molecule is CCCCOC(=O)CC(O)(C(=O)OCCCC)C(C(=O)OCCCC)C(OC(C)=O)C(O)CO. The molecular weight excluding hydrogens is 452 g/mol. The van der Waals surface area contributed by atoms with E-state index < -0.39 is 60.6 Å². The summed E-state index contributed by atoms with van der Waals surface area (Å²) in [6, 6.07) is 0. The van der Waals surface area contributed by atoms with E-state index in [9.17, 15) is 34.5 Å². The molecule has 0 saturated heterocycles. The number of ether oxygens (including phenoxy) is 4. The number of aliphatic hydroxyl groups excluding tert-OH is 2. The van der Waals surface area contributed by atoms with Gasteiger partial charge >= 0.3 is 23.9 Å². The molecule has 0 fully saturated rings. The van der Waals surface area contributed by atoms with E-state index in [4.69, 9.17) is 18.9 Å². The van der Waals surface area contributed by atoms with Crippen LogP contribution >= 0.6 is 0 Å². The Labute approximate surface area is 200 Å². The third-order valence-electron chi connectivity index (χ3n) is 4.97. The lowest BCUT2D eigenvalue weighted by atomic mass is 9.78. The fourth-order valence-electron chi connectivity index (χ4n) is 3.02. The van der Waals surface area contributed by atoms with Crippen LogP contribution in [0.15, 0.2) is 0 Å². The van der Waals surface area contributed by atoms with E-state index in [0.29, 0.717) is 32.1 Å². The number of carbonyl (C=O) groups excluding carboxylic acids is 4. The lowest BCUT2D eigenvalue weighted by molar-refractivity contribution is -0.204. The Kier molecular flexibility index (Phi) is 16.1. The number of hydrogen-bond acceptors (Lipinski definition) is 11. The first-order chi connectivity index (χ1) is 16.1. The summed E-state index contributed by atoms with van der Waals surface area (Å²) in [4.78, 5) is 50.3. The van der Waals surface area contributed by atoms with Crippen molar-refractivity contribution in [2.24, 2.45) is 5.92 Å². The minimum atomic E-state index is -2.91. The summed E-state index contributed by atoms with van der Waals surface area (Å²) in [5, 5.41) is 31.3. The average Bonchev–Trinajstić information content (AvgIpc) is 2.78. The standard InChI is InChI=1S/C23H40O11/c1-5-8-11-31-18(27)14-23(30,22(29)33-13-10-7-3)19(21(28)32-12-9-6-2)20(17(26)15-24)34-16(4)25/h17,19-20,24,26,30H,5-15H2,1-4H3. The number of unbranched alkanes of at least 4 members (excludes halogenated alkanes) is 3. The summed E-state index contributed by atoms with van der Waals surface area (Å²) in [6.45, 7) is 5.39. The summed E-state index contributed by atoms with van der Waals surface area (Å²) in [6.07, 6.45) is -1.33. The van der Waals surface area contributed by atoms with Crippen molar-refractivity contribution < 1.29 is 53.4 Å². The fourth-order valence-corrected chi connectivity index (χ4v) is 3.02. The first-order valence-electron chi connectivity index (χ1n) is 11.8. The fraction of sp³-hybridized carbons (Fsp3) is 0.826. The molecular formula is C23H40O11. The molecule has 0 aliphatic rings. The maximum Gasteiger partial charge on any atom is 0.339 e. The maximum atomic E-state index is 13.1. The molecule has 0 amide bonds. The molecule has 0 bridgehead atoms. The van der Waals surface area contributed by atoms with Crippen molar-refractivity contribution in [3.8, 4) is 0 Å². The van der Waals surface area contributed by atoms with Crippen LogP contribution in [0.1, 0.15) is 72.6 Å². The van der Waals surface area contributed by atoms with Crippen molar-refractivity contribution in [3.05, 3.63) is 0 Å². The highest BCUT2D eigenvalue weighted by Crippen LogP contribution is 2.32. The zero-order valence-electron chi connectivity index (χ0n) is 20.6. The first kappa shape index (κ1) is 31.8. The molecule has 0 heterocycles. The molecule has 198 valence electrons. The van der Waals surface area contributed by atoms with E-state index in [1.54, 1.807) is 0 Å². The number of hydrogen-bond donors (Lipinski definition) is 3. The van der Waals surface area contributed by atoms with Gasteiger partial charge in [-0.15, -0.1) is 0 Å². The van der Waals surface area contributed by atoms with Crippen molar-refractivity contribution in [3.63, 3.8) is 0 Å². The van der Waals surface area contributed by atoms with Crippen LogP contribution in [0.2, 0.25) is 0 Å². The van der Waals surface area contributed by atoms with E-state index in [0.717, 1.165) is 13.3 Å². The second-order valence-corrected chi connectivity index (χ2v) is 7.99. The summed E-state index contributed by atoms with van der Waals surface area (Å²) in [5.41, 5.74) is -2.91. The normalized spacial score (nSPS) is 15.4. The zero-order chi connectivity index (χ0) is 26.1. The van der Waals surface area contributed by atoms with Crippen molar-refractivity contribution in [2.45, 2.75) is 90.4 Å². The van der Waals surface area contributed by atoms with Gasteiger partial charge in [-0.1, -0.05) is 40.0 Å². The van der Waals surface area contributed by atoms with Crippen molar-refractivity contribution >= 4 is 23.9 Å². The summed E-state index contributed by atoms with van der Waals surface area (Å²) in [7, 11) is 0. The van der Waals surface area contributed by atoms with Gasteiger partial charge in [0.15, 0.2) is 5.60 Å². The van der Waals surface area contributed by atoms with Gasteiger partial charge in [-0.05, 0) is 19.3 Å². The Morgan fingerprint density at radius 2 is 1.35 bits per heavy atom. The van der Waals surface area contributed by atoms with Crippen LogP contribution < -0.4 is 0 Å². The molecule has 34 heavy (non-hydrogen) atoms. The molecule has 0 radical (unpaired) electrons. The van der Waals surface area contributed by atoms with Crippen molar-refractivity contribution in [1.82, 2.24) is 0 Å². The molecule has 11 nitrogen and oxygen atoms in total. The molecule has 0 rings (SSSR count). The Hall–Kier alpha value is -2.24. The lowest BCUT2D eigenvalue weighted by Gasteiger charge is -2.37. The van der Waals surface area contributed by atoms with Crippen LogP contribution in [0.3, 0.4) is 0 Å². The van der Waals surface area contributed by atoms with Crippen molar-refractivity contribution in [2.75, 3.05) is 26.4 Å². The smallest absolute Gasteiger partial charge is 0.339 e. The van der Waals surface area contributed by atoms with Gasteiger partial charge in [0.1, 0.15) is 18.1 Å². The maximum absolute atomic E-state index is 13.1. The second kappa shape index (κ2) is 17.2. The lowest BCUT2D eigenvalue weighted by Crippen LogP contribution is -2.60. The Morgan fingerprint density at radius 1 is 0.853 bits per heavy atom. The van der Waals surface area contributed by atoms with Crippen LogP contribution in [-0.4, -0.2) is 83.4 Å². The molecule has 0 aromatic carbocycles. The van der Waals surface area contributed by atoms with Gasteiger partial charge in [0.25, 0.3) is 0 Å². The summed E-state index contributed by atoms with van der Waals surface area (Å²) in [5.74, 6) is -6.59. The highest BCUT2D eigenvalue weighted by Gasteiger charge is 2.58. The molecule has 4 atom stereocenters. The van der Waals surface area contributed by atoms with Gasteiger partial charge < -0.3 is 34.3 Å². The molecule has 3 N–H and O–H groups in total. The van der Waals surface area contributed by atoms with Crippen LogP contribution in [0, 0.1) is 5.92 Å². The molecule has 0 aliphatic carbocycles. The molecule has 11 heteroatoms. The zero-order valence-corrected chi connectivity index (χ0v) is 20.6. The van der Waals surface area contributed by atoms with Gasteiger partial charge in [-0.3, -0.25) is 14.4 Å². The highest BCUT2D eigenvalue weighted by molar-refractivity contribution is 5.92. The topological polar surface area (TPSA) is 166 Å². The molecule has 0 saturated carbocycles. The third-order valence-corrected chi connectivity index (χ3v) is 4.97. The Balaban J connectivity index is 6.37. The molecule has 0 aromatic heterocycles. The van der Waals surface area contributed by atoms with Crippen LogP contribution in [0.4, 0.5) is 0 Å². The number of esters is 4. The Morgan fingerprint density at radius 3 is 1.82 bits per heavy atom. The van der Waals surface area contributed by atoms with E-state index in [1.807, 2.05) is 20.8 Å². The highest BCUT2D eigenvalue weighted by atomic mass is 16.6. The quantitative estimate of drug-likeness (QED) is 0.142. The molecule has 4 unspecified atom stereocenters. The minimum Gasteiger partial charge on any atom is -0.466 e. The largest absolute Gasteiger partial charge is 0.466 e. The van der Waals surface area contributed by atoms with E-state index in [1.165, 1.54) is 0 Å². The minimum absolute atomic E-state index is 0.0224. The van der Waals surface area contributed by atoms with Crippen LogP contribution in [-0.2, 0) is 38.1 Å². The van der Waals surface area contributed by atoms with Gasteiger partial charge in [0.05, 0.1) is 32.8 Å². The third kappa shape index (κ3) is 10.8. The van der Waals surface area contributed by atoms with E-state index in [2.05, 4.69) is 0 Å². The Bertz CT molecular complexity index is 636. The van der Waals surface area contributed by atoms with Gasteiger partial charge in [-0.2, -0.15) is 0 Å². The van der Waals surface area contributed by atoms with Gasteiger partial charge in [0, 0.05) is 6.92 Å². The monoisotopic (exact) mass is 492 g/mol. The first-order valence-corrected chi connectivity index (χ1v) is 11.8. The van der Waals surface area contributed by atoms with Gasteiger partial charge in [0.2, 0.25) is 0 Å². The van der Waals surface area contributed by atoms with Crippen LogP contribution in [0.25, 0.3) is 0 Å². The van der Waals surface area contributed by atoms with Crippen molar-refractivity contribution in [1.29, 1.82) is 0 Å². The van der Waals surface area contributed by atoms with Gasteiger partial charge in [-0.25, -0.2) is 4.79 Å². The predicted molar refractivity (Wildman–Crippen MR) is 119 cm³/mol. The number of aliphatic hydroxyl groups is 3. The number of rotatable bonds is 18. The summed E-state index contributed by atoms with van der Waals surface area (Å²) >= 11 is 0. The average molecular weight is 493 g/mol.